The van der Waals surface area contributed by atoms with E-state index in [1.165, 1.54) is 6.07 Å². The van der Waals surface area contributed by atoms with Gasteiger partial charge in [0, 0.05) is 6.04 Å². The molecule has 0 radical (unpaired) electrons. The molecule has 1 aromatic carbocycles. The summed E-state index contributed by atoms with van der Waals surface area (Å²) in [5.41, 5.74) is 6.91. The third-order valence-electron chi connectivity index (χ3n) is 2.58. The van der Waals surface area contributed by atoms with Crippen molar-refractivity contribution < 1.29 is 14.3 Å². The lowest BCUT2D eigenvalue weighted by Crippen LogP contribution is -2.07. The second kappa shape index (κ2) is 3.06. The minimum absolute atomic E-state index is 0.0291. The first kappa shape index (κ1) is 9.15. The van der Waals surface area contributed by atoms with Crippen molar-refractivity contribution in [3.8, 4) is 0 Å². The molecule has 0 amide bonds. The molecule has 3 nitrogen and oxygen atoms in total. The van der Waals surface area contributed by atoms with Crippen molar-refractivity contribution in [2.75, 3.05) is 0 Å². The molecule has 0 spiro atoms. The van der Waals surface area contributed by atoms with Gasteiger partial charge in [0.2, 0.25) is 0 Å². The molecule has 3 N–H and O–H groups in total. The molecular weight excluding hydrogens is 185 g/mol. The Hall–Kier alpha value is -1.42. The molecule has 0 saturated heterocycles. The number of aromatic carboxylic acids is 1. The number of halogens is 1. The lowest BCUT2D eigenvalue weighted by atomic mass is 10.0. The van der Waals surface area contributed by atoms with Gasteiger partial charge in [0.1, 0.15) is 5.82 Å². The van der Waals surface area contributed by atoms with Gasteiger partial charge in [-0.2, -0.15) is 0 Å². The molecular formula is C10H10FNO2. The summed E-state index contributed by atoms with van der Waals surface area (Å²) in [6.45, 7) is 0. The van der Waals surface area contributed by atoms with Crippen LogP contribution in [0.5, 0.6) is 0 Å². The van der Waals surface area contributed by atoms with E-state index in [1.807, 2.05) is 0 Å². The van der Waals surface area contributed by atoms with Crippen LogP contribution in [0.4, 0.5) is 4.39 Å². The largest absolute Gasteiger partial charge is 0.478 e. The summed E-state index contributed by atoms with van der Waals surface area (Å²) in [7, 11) is 0. The zero-order valence-corrected chi connectivity index (χ0v) is 7.46. The smallest absolute Gasteiger partial charge is 0.335 e. The van der Waals surface area contributed by atoms with Crippen LogP contribution in [0.1, 0.15) is 33.9 Å². The maximum absolute atomic E-state index is 13.4. The molecule has 0 saturated carbocycles. The lowest BCUT2D eigenvalue weighted by Gasteiger charge is -2.06. The van der Waals surface area contributed by atoms with Gasteiger partial charge >= 0.3 is 5.97 Å². The Labute approximate surface area is 80.3 Å². The van der Waals surface area contributed by atoms with Crippen LogP contribution in [0.25, 0.3) is 0 Å². The van der Waals surface area contributed by atoms with E-state index >= 15 is 0 Å². The van der Waals surface area contributed by atoms with Gasteiger partial charge in [-0.25, -0.2) is 9.18 Å². The Morgan fingerprint density at radius 1 is 1.57 bits per heavy atom. The SMILES string of the molecule is N[C@H]1CCc2c(F)cc(C(=O)O)cc21. The highest BCUT2D eigenvalue weighted by molar-refractivity contribution is 5.88. The maximum Gasteiger partial charge on any atom is 0.335 e. The number of nitrogens with two attached hydrogens (primary N) is 1. The molecule has 0 unspecified atom stereocenters. The maximum atomic E-state index is 13.4. The van der Waals surface area contributed by atoms with Crippen molar-refractivity contribution in [2.45, 2.75) is 18.9 Å². The van der Waals surface area contributed by atoms with Crippen LogP contribution in [0.3, 0.4) is 0 Å². The molecule has 1 atom stereocenters. The van der Waals surface area contributed by atoms with Crippen molar-refractivity contribution in [1.82, 2.24) is 0 Å². The molecule has 0 fully saturated rings. The second-order valence-electron chi connectivity index (χ2n) is 3.48. The average Bonchev–Trinajstić information content (AvgIpc) is 2.48. The number of hydrogen-bond acceptors (Lipinski definition) is 2. The van der Waals surface area contributed by atoms with Crippen LogP contribution in [0.15, 0.2) is 12.1 Å². The van der Waals surface area contributed by atoms with Gasteiger partial charge in [-0.15, -0.1) is 0 Å². The summed E-state index contributed by atoms with van der Waals surface area (Å²) in [6, 6.07) is 2.30. The van der Waals surface area contributed by atoms with E-state index in [9.17, 15) is 9.18 Å². The molecule has 14 heavy (non-hydrogen) atoms. The molecule has 1 aliphatic carbocycles. The van der Waals surface area contributed by atoms with Gasteiger partial charge in [-0.05, 0) is 36.1 Å². The molecule has 0 heterocycles. The predicted octanol–water partition coefficient (Wildman–Crippen LogP) is 1.47. The molecule has 74 valence electrons. The van der Waals surface area contributed by atoms with Crippen LogP contribution < -0.4 is 5.73 Å². The van der Waals surface area contributed by atoms with Gasteiger partial charge in [0.25, 0.3) is 0 Å². The zero-order chi connectivity index (χ0) is 10.3. The third-order valence-corrected chi connectivity index (χ3v) is 2.58. The Balaban J connectivity index is 2.58. The van der Waals surface area contributed by atoms with Crippen LogP contribution in [-0.4, -0.2) is 11.1 Å². The standard InChI is InChI=1S/C10H10FNO2/c11-8-4-5(10(13)14)3-7-6(8)1-2-9(7)12/h3-4,9H,1-2,12H2,(H,13,14)/t9-/m0/s1. The Morgan fingerprint density at radius 2 is 2.29 bits per heavy atom. The van der Waals surface area contributed by atoms with E-state index < -0.39 is 11.8 Å². The van der Waals surface area contributed by atoms with E-state index in [2.05, 4.69) is 0 Å². The van der Waals surface area contributed by atoms with Crippen LogP contribution in [-0.2, 0) is 6.42 Å². The van der Waals surface area contributed by atoms with Gasteiger partial charge in [-0.3, -0.25) is 0 Å². The monoisotopic (exact) mass is 195 g/mol. The number of carboxylic acids is 1. The highest BCUT2D eigenvalue weighted by Gasteiger charge is 2.24. The highest BCUT2D eigenvalue weighted by atomic mass is 19.1. The topological polar surface area (TPSA) is 63.3 Å². The fraction of sp³-hybridized carbons (Fsp3) is 0.300. The predicted molar refractivity (Wildman–Crippen MR) is 48.6 cm³/mol. The summed E-state index contributed by atoms with van der Waals surface area (Å²) in [5.74, 6) is -1.57. The van der Waals surface area contributed by atoms with E-state index in [4.69, 9.17) is 10.8 Å². The number of fused-ring (bicyclic) bond motifs is 1. The van der Waals surface area contributed by atoms with Crippen LogP contribution in [0, 0.1) is 5.82 Å². The summed E-state index contributed by atoms with van der Waals surface area (Å²) in [5, 5.41) is 8.72. The summed E-state index contributed by atoms with van der Waals surface area (Å²) >= 11 is 0. The van der Waals surface area contributed by atoms with Crippen molar-refractivity contribution in [2.24, 2.45) is 5.73 Å². The van der Waals surface area contributed by atoms with E-state index in [-0.39, 0.29) is 11.6 Å². The van der Waals surface area contributed by atoms with Crippen molar-refractivity contribution in [3.63, 3.8) is 0 Å². The second-order valence-corrected chi connectivity index (χ2v) is 3.48. The van der Waals surface area contributed by atoms with Crippen molar-refractivity contribution in [1.29, 1.82) is 0 Å². The Bertz CT molecular complexity index is 403. The van der Waals surface area contributed by atoms with E-state index in [0.29, 0.717) is 24.0 Å². The van der Waals surface area contributed by atoms with Crippen molar-refractivity contribution in [3.05, 3.63) is 34.6 Å². The summed E-state index contributed by atoms with van der Waals surface area (Å²) in [4.78, 5) is 10.7. The quantitative estimate of drug-likeness (QED) is 0.713. The first-order valence-electron chi connectivity index (χ1n) is 4.41. The minimum Gasteiger partial charge on any atom is -0.478 e. The van der Waals surface area contributed by atoms with Gasteiger partial charge in [-0.1, -0.05) is 0 Å². The summed E-state index contributed by atoms with van der Waals surface area (Å²) in [6.07, 6.45) is 1.29. The highest BCUT2D eigenvalue weighted by Crippen LogP contribution is 2.31. The minimum atomic E-state index is -1.12. The van der Waals surface area contributed by atoms with Gasteiger partial charge < -0.3 is 10.8 Å². The normalized spacial score (nSPS) is 19.4. The number of rotatable bonds is 1. The van der Waals surface area contributed by atoms with Gasteiger partial charge in [0.15, 0.2) is 0 Å². The average molecular weight is 195 g/mol. The first-order chi connectivity index (χ1) is 6.59. The van der Waals surface area contributed by atoms with Gasteiger partial charge in [0.05, 0.1) is 5.56 Å². The van der Waals surface area contributed by atoms with Crippen molar-refractivity contribution >= 4 is 5.97 Å². The van der Waals surface area contributed by atoms with Crippen LogP contribution in [0.2, 0.25) is 0 Å². The first-order valence-corrected chi connectivity index (χ1v) is 4.41. The fourth-order valence-electron chi connectivity index (χ4n) is 1.83. The third kappa shape index (κ3) is 1.28. The summed E-state index contributed by atoms with van der Waals surface area (Å²) < 4.78 is 13.4. The van der Waals surface area contributed by atoms with E-state index in [0.717, 1.165) is 6.07 Å². The Kier molecular flexibility index (Phi) is 2.00. The zero-order valence-electron chi connectivity index (χ0n) is 7.46. The molecule has 4 heteroatoms. The van der Waals surface area contributed by atoms with Crippen LogP contribution >= 0.6 is 0 Å². The molecule has 1 aliphatic rings. The Morgan fingerprint density at radius 3 is 2.93 bits per heavy atom. The molecule has 0 bridgehead atoms. The number of benzene rings is 1. The van der Waals surface area contributed by atoms with E-state index in [1.54, 1.807) is 0 Å². The number of carbonyl (C=O) groups is 1. The molecule has 2 rings (SSSR count). The molecule has 1 aromatic rings. The molecule has 0 aromatic heterocycles. The number of carboxylic acid groups (broad SMARTS) is 1. The lowest BCUT2D eigenvalue weighted by molar-refractivity contribution is 0.0696. The fourth-order valence-corrected chi connectivity index (χ4v) is 1.83. The molecule has 0 aliphatic heterocycles. The number of hydrogen-bond donors (Lipinski definition) is 2.